The van der Waals surface area contributed by atoms with Crippen molar-refractivity contribution in [3.63, 3.8) is 0 Å². The smallest absolute Gasteiger partial charge is 0.407 e. The van der Waals surface area contributed by atoms with Crippen LogP contribution in [-0.4, -0.2) is 42.3 Å². The minimum Gasteiger partial charge on any atom is -0.481 e. The summed E-state index contributed by atoms with van der Waals surface area (Å²) in [6.45, 7) is 5.51. The molecule has 0 bridgehead atoms. The maximum absolute atomic E-state index is 12.5. The van der Waals surface area contributed by atoms with Crippen molar-refractivity contribution in [1.29, 1.82) is 0 Å². The molecule has 170 valence electrons. The third-order valence-corrected chi connectivity index (χ3v) is 5.98. The van der Waals surface area contributed by atoms with E-state index >= 15 is 0 Å². The predicted octanol–water partition coefficient (Wildman–Crippen LogP) is 3.78. The molecule has 2 amide bonds. The van der Waals surface area contributed by atoms with E-state index in [-0.39, 0.29) is 25.0 Å². The van der Waals surface area contributed by atoms with Gasteiger partial charge in [0.1, 0.15) is 12.6 Å². The van der Waals surface area contributed by atoms with Gasteiger partial charge >= 0.3 is 12.1 Å². The van der Waals surface area contributed by atoms with Crippen LogP contribution in [0.4, 0.5) is 4.79 Å². The highest BCUT2D eigenvalue weighted by atomic mass is 16.5. The molecule has 0 fully saturated rings. The van der Waals surface area contributed by atoms with Gasteiger partial charge in [-0.25, -0.2) is 4.79 Å². The summed E-state index contributed by atoms with van der Waals surface area (Å²) in [5.74, 6) is -2.26. The van der Waals surface area contributed by atoms with E-state index in [4.69, 9.17) is 4.74 Å². The maximum atomic E-state index is 12.5. The van der Waals surface area contributed by atoms with Gasteiger partial charge in [-0.1, -0.05) is 69.3 Å². The van der Waals surface area contributed by atoms with Crippen LogP contribution in [0.1, 0.15) is 44.2 Å². The van der Waals surface area contributed by atoms with Crippen LogP contribution in [0.2, 0.25) is 0 Å². The minimum atomic E-state index is -0.960. The number of aliphatic carboxylic acids is 1. The largest absolute Gasteiger partial charge is 0.481 e. The molecule has 1 unspecified atom stereocenters. The monoisotopic (exact) mass is 438 g/mol. The van der Waals surface area contributed by atoms with E-state index in [0.717, 1.165) is 22.3 Å². The van der Waals surface area contributed by atoms with Crippen LogP contribution in [0.3, 0.4) is 0 Å². The van der Waals surface area contributed by atoms with E-state index in [1.54, 1.807) is 20.8 Å². The Morgan fingerprint density at radius 1 is 1.00 bits per heavy atom. The molecule has 2 atom stereocenters. The van der Waals surface area contributed by atoms with Crippen LogP contribution in [0.5, 0.6) is 0 Å². The molecule has 32 heavy (non-hydrogen) atoms. The Hall–Kier alpha value is -3.35. The van der Waals surface area contributed by atoms with Crippen molar-refractivity contribution in [2.24, 2.45) is 11.8 Å². The number of carboxylic acids is 1. The van der Waals surface area contributed by atoms with Crippen molar-refractivity contribution in [3.05, 3.63) is 59.7 Å². The minimum absolute atomic E-state index is 0.00863. The number of alkyl carbamates (subject to hydrolysis) is 1. The molecule has 0 aromatic heterocycles. The summed E-state index contributed by atoms with van der Waals surface area (Å²) in [6, 6.07) is 15.3. The fourth-order valence-corrected chi connectivity index (χ4v) is 4.08. The second-order valence-corrected chi connectivity index (χ2v) is 8.36. The number of benzene rings is 2. The van der Waals surface area contributed by atoms with Crippen LogP contribution in [0, 0.1) is 11.8 Å². The summed E-state index contributed by atoms with van der Waals surface area (Å²) in [6.07, 6.45) is -0.317. The number of ether oxygens (including phenoxy) is 1. The normalized spacial score (nSPS) is 14.2. The molecule has 0 heterocycles. The molecule has 0 spiro atoms. The van der Waals surface area contributed by atoms with Crippen LogP contribution < -0.4 is 10.6 Å². The molecule has 0 radical (unpaired) electrons. The van der Waals surface area contributed by atoms with Crippen molar-refractivity contribution in [3.8, 4) is 11.1 Å². The Morgan fingerprint density at radius 2 is 1.56 bits per heavy atom. The molecule has 0 aliphatic heterocycles. The third kappa shape index (κ3) is 5.10. The lowest BCUT2D eigenvalue weighted by molar-refractivity contribution is -0.143. The molecule has 0 saturated heterocycles. The molecule has 7 heteroatoms. The second kappa shape index (κ2) is 10.3. The van der Waals surface area contributed by atoms with Gasteiger partial charge in [-0.15, -0.1) is 0 Å². The summed E-state index contributed by atoms with van der Waals surface area (Å²) in [7, 11) is 0. The molecule has 2 aromatic carbocycles. The predicted molar refractivity (Wildman–Crippen MR) is 121 cm³/mol. The number of nitrogens with one attached hydrogen (secondary N) is 2. The summed E-state index contributed by atoms with van der Waals surface area (Å²) < 4.78 is 5.50. The first-order valence-electron chi connectivity index (χ1n) is 11.0. The number of hydrogen-bond acceptors (Lipinski definition) is 4. The molecule has 0 saturated carbocycles. The lowest BCUT2D eigenvalue weighted by Crippen LogP contribution is -2.48. The van der Waals surface area contributed by atoms with E-state index in [2.05, 4.69) is 22.8 Å². The fraction of sp³-hybridized carbons (Fsp3) is 0.400. The van der Waals surface area contributed by atoms with E-state index in [0.29, 0.717) is 6.42 Å². The summed E-state index contributed by atoms with van der Waals surface area (Å²) in [4.78, 5) is 36.2. The lowest BCUT2D eigenvalue weighted by Gasteiger charge is -2.21. The molecular weight excluding hydrogens is 408 g/mol. The standard InChI is InChI=1S/C25H30N2O5/c1-4-22(23(28)26-13-20(15(2)3)24(29)30)27-25(31)32-14-21-18-11-7-5-9-16(18)17-10-6-8-12-19(17)21/h5-12,15,20-22H,4,13-14H2,1-3H3,(H,26,28)(H,27,31)(H,29,30)/t20?,22-/m0/s1. The third-order valence-electron chi connectivity index (χ3n) is 5.98. The molecule has 1 aliphatic carbocycles. The number of hydrogen-bond donors (Lipinski definition) is 3. The van der Waals surface area contributed by atoms with Crippen molar-refractivity contribution in [1.82, 2.24) is 10.6 Å². The van der Waals surface area contributed by atoms with Gasteiger partial charge in [-0.05, 0) is 34.6 Å². The Kier molecular flexibility index (Phi) is 7.51. The molecule has 1 aliphatic rings. The van der Waals surface area contributed by atoms with Gasteiger partial charge in [-0.3, -0.25) is 9.59 Å². The molecule has 3 rings (SSSR count). The van der Waals surface area contributed by atoms with Crippen LogP contribution in [-0.2, 0) is 14.3 Å². The zero-order valence-electron chi connectivity index (χ0n) is 18.6. The van der Waals surface area contributed by atoms with Crippen LogP contribution in [0.15, 0.2) is 48.5 Å². The highest BCUT2D eigenvalue weighted by Gasteiger charge is 2.30. The van der Waals surface area contributed by atoms with E-state index in [9.17, 15) is 19.5 Å². The molecule has 7 nitrogen and oxygen atoms in total. The quantitative estimate of drug-likeness (QED) is 0.553. The summed E-state index contributed by atoms with van der Waals surface area (Å²) in [5.41, 5.74) is 4.50. The van der Waals surface area contributed by atoms with Crippen LogP contribution in [0.25, 0.3) is 11.1 Å². The van der Waals surface area contributed by atoms with E-state index in [1.165, 1.54) is 0 Å². The Bertz CT molecular complexity index is 942. The summed E-state index contributed by atoms with van der Waals surface area (Å²) >= 11 is 0. The van der Waals surface area contributed by atoms with Crippen molar-refractivity contribution in [2.75, 3.05) is 13.2 Å². The maximum Gasteiger partial charge on any atom is 0.407 e. The average Bonchev–Trinajstić information content (AvgIpc) is 3.09. The zero-order valence-corrected chi connectivity index (χ0v) is 18.6. The number of carboxylic acid groups (broad SMARTS) is 1. The number of carbonyl (C=O) groups is 3. The fourth-order valence-electron chi connectivity index (χ4n) is 4.08. The Balaban J connectivity index is 1.58. The highest BCUT2D eigenvalue weighted by Crippen LogP contribution is 2.44. The van der Waals surface area contributed by atoms with Crippen LogP contribution >= 0.6 is 0 Å². The highest BCUT2D eigenvalue weighted by molar-refractivity contribution is 5.86. The van der Waals surface area contributed by atoms with E-state index < -0.39 is 29.9 Å². The van der Waals surface area contributed by atoms with Crippen molar-refractivity contribution >= 4 is 18.0 Å². The molecule has 2 aromatic rings. The van der Waals surface area contributed by atoms with Gasteiger partial charge in [0.2, 0.25) is 5.91 Å². The SMILES string of the molecule is CC[C@H](NC(=O)OCC1c2ccccc2-c2ccccc21)C(=O)NCC(C(=O)O)C(C)C. The number of fused-ring (bicyclic) bond motifs is 3. The zero-order chi connectivity index (χ0) is 23.3. The van der Waals surface area contributed by atoms with Gasteiger partial charge in [0.15, 0.2) is 0 Å². The number of rotatable bonds is 9. The first kappa shape index (κ1) is 23.3. The topological polar surface area (TPSA) is 105 Å². The van der Waals surface area contributed by atoms with Gasteiger partial charge < -0.3 is 20.5 Å². The number of amides is 2. The van der Waals surface area contributed by atoms with Gasteiger partial charge in [0.05, 0.1) is 5.92 Å². The van der Waals surface area contributed by atoms with Crippen molar-refractivity contribution < 1.29 is 24.2 Å². The summed E-state index contributed by atoms with van der Waals surface area (Å²) in [5, 5.41) is 14.5. The van der Waals surface area contributed by atoms with E-state index in [1.807, 2.05) is 36.4 Å². The first-order valence-corrected chi connectivity index (χ1v) is 11.0. The lowest BCUT2D eigenvalue weighted by atomic mass is 9.96. The molecular formula is C25H30N2O5. The van der Waals surface area contributed by atoms with Gasteiger partial charge in [0, 0.05) is 12.5 Å². The van der Waals surface area contributed by atoms with Gasteiger partial charge in [0.25, 0.3) is 0 Å². The van der Waals surface area contributed by atoms with Crippen molar-refractivity contribution in [2.45, 2.75) is 39.2 Å². The molecule has 3 N–H and O–H groups in total. The second-order valence-electron chi connectivity index (χ2n) is 8.36. The van der Waals surface area contributed by atoms with Gasteiger partial charge in [-0.2, -0.15) is 0 Å². The number of carbonyl (C=O) groups excluding carboxylic acids is 2. The Labute approximate surface area is 188 Å². The average molecular weight is 439 g/mol. The Morgan fingerprint density at radius 3 is 2.06 bits per heavy atom. The first-order chi connectivity index (χ1) is 15.3.